The van der Waals surface area contributed by atoms with Gasteiger partial charge in [-0.1, -0.05) is 29.8 Å². The molecule has 0 heterocycles. The minimum atomic E-state index is -0.458. The van der Waals surface area contributed by atoms with Crippen LogP contribution >= 0.6 is 11.6 Å². The molecule has 1 amide bonds. The SMILES string of the molecule is Cc1cccc(NC(=O)/C(C#N)=C/c2ccc(OC(C)C)c(Cl)c2)c1C. The number of nitrogens with one attached hydrogen (secondary N) is 1. The molecule has 0 fully saturated rings. The molecule has 26 heavy (non-hydrogen) atoms. The van der Waals surface area contributed by atoms with Crippen LogP contribution in [-0.4, -0.2) is 12.0 Å². The molecule has 0 aromatic heterocycles. The van der Waals surface area contributed by atoms with Crippen LogP contribution in [0.25, 0.3) is 6.08 Å². The minimum absolute atomic E-state index is 0.000462. The highest BCUT2D eigenvalue weighted by Crippen LogP contribution is 2.27. The molecule has 2 rings (SSSR count). The van der Waals surface area contributed by atoms with Crippen molar-refractivity contribution in [2.45, 2.75) is 33.8 Å². The summed E-state index contributed by atoms with van der Waals surface area (Å²) in [5.41, 5.74) is 3.38. The highest BCUT2D eigenvalue weighted by Gasteiger charge is 2.12. The number of hydrogen-bond acceptors (Lipinski definition) is 3. The maximum Gasteiger partial charge on any atom is 0.266 e. The van der Waals surface area contributed by atoms with Crippen molar-refractivity contribution >= 4 is 29.3 Å². The number of nitrogens with zero attached hydrogens (tertiary/aromatic N) is 1. The fraction of sp³-hybridized carbons (Fsp3) is 0.238. The van der Waals surface area contributed by atoms with Crippen LogP contribution in [0.4, 0.5) is 5.69 Å². The van der Waals surface area contributed by atoms with Crippen LogP contribution in [0.15, 0.2) is 42.0 Å². The zero-order valence-corrected chi connectivity index (χ0v) is 16.0. The van der Waals surface area contributed by atoms with Crippen LogP contribution in [-0.2, 0) is 4.79 Å². The van der Waals surface area contributed by atoms with Crippen molar-refractivity contribution < 1.29 is 9.53 Å². The lowest BCUT2D eigenvalue weighted by Gasteiger charge is -2.12. The molecule has 0 radical (unpaired) electrons. The second-order valence-corrected chi connectivity index (χ2v) is 6.64. The molecule has 0 saturated carbocycles. The predicted octanol–water partition coefficient (Wildman–Crippen LogP) is 5.29. The molecule has 0 bridgehead atoms. The second-order valence-electron chi connectivity index (χ2n) is 6.23. The van der Waals surface area contributed by atoms with Crippen LogP contribution < -0.4 is 10.1 Å². The van der Waals surface area contributed by atoms with Crippen LogP contribution in [0, 0.1) is 25.2 Å². The molecule has 0 aliphatic heterocycles. The number of nitriles is 1. The van der Waals surface area contributed by atoms with E-state index >= 15 is 0 Å². The molecule has 2 aromatic rings. The first-order valence-corrected chi connectivity index (χ1v) is 8.65. The van der Waals surface area contributed by atoms with Crippen molar-refractivity contribution in [1.29, 1.82) is 5.26 Å². The first-order valence-electron chi connectivity index (χ1n) is 8.27. The number of aryl methyl sites for hydroxylation is 1. The molecular formula is C21H21ClN2O2. The molecule has 1 N–H and O–H groups in total. The summed E-state index contributed by atoms with van der Waals surface area (Å²) in [7, 11) is 0. The summed E-state index contributed by atoms with van der Waals surface area (Å²) in [5, 5.41) is 12.6. The van der Waals surface area contributed by atoms with Gasteiger partial charge < -0.3 is 10.1 Å². The molecule has 0 spiro atoms. The summed E-state index contributed by atoms with van der Waals surface area (Å²) >= 11 is 6.21. The molecule has 5 heteroatoms. The third-order valence-electron chi connectivity index (χ3n) is 3.85. The Morgan fingerprint density at radius 3 is 2.62 bits per heavy atom. The Labute approximate surface area is 159 Å². The van der Waals surface area contributed by atoms with Gasteiger partial charge in [0.1, 0.15) is 17.4 Å². The Morgan fingerprint density at radius 1 is 1.27 bits per heavy atom. The quantitative estimate of drug-likeness (QED) is 0.576. The second kappa shape index (κ2) is 8.55. The third-order valence-corrected chi connectivity index (χ3v) is 4.14. The van der Waals surface area contributed by atoms with E-state index in [1.807, 2.05) is 52.0 Å². The van der Waals surface area contributed by atoms with Gasteiger partial charge >= 0.3 is 0 Å². The maximum absolute atomic E-state index is 12.4. The van der Waals surface area contributed by atoms with E-state index in [4.69, 9.17) is 16.3 Å². The van der Waals surface area contributed by atoms with Crippen molar-refractivity contribution in [3.63, 3.8) is 0 Å². The Balaban J connectivity index is 2.24. The number of anilines is 1. The van der Waals surface area contributed by atoms with Gasteiger partial charge in [-0.05, 0) is 68.7 Å². The van der Waals surface area contributed by atoms with Gasteiger partial charge in [-0.3, -0.25) is 4.79 Å². The van der Waals surface area contributed by atoms with E-state index in [-0.39, 0.29) is 11.7 Å². The van der Waals surface area contributed by atoms with Crippen molar-refractivity contribution in [1.82, 2.24) is 0 Å². The van der Waals surface area contributed by atoms with Crippen LogP contribution in [0.5, 0.6) is 5.75 Å². The monoisotopic (exact) mass is 368 g/mol. The van der Waals surface area contributed by atoms with Gasteiger partial charge in [0.05, 0.1) is 11.1 Å². The summed E-state index contributed by atoms with van der Waals surface area (Å²) in [6.45, 7) is 7.72. The number of halogens is 1. The van der Waals surface area contributed by atoms with Gasteiger partial charge in [0, 0.05) is 5.69 Å². The highest BCUT2D eigenvalue weighted by molar-refractivity contribution is 6.32. The molecule has 0 unspecified atom stereocenters. The number of carbonyl (C=O) groups is 1. The topological polar surface area (TPSA) is 62.1 Å². The van der Waals surface area contributed by atoms with Crippen LogP contribution in [0.3, 0.4) is 0 Å². The third kappa shape index (κ3) is 4.87. The number of benzene rings is 2. The first-order chi connectivity index (χ1) is 12.3. The lowest BCUT2D eigenvalue weighted by molar-refractivity contribution is -0.112. The molecule has 0 saturated heterocycles. The summed E-state index contributed by atoms with van der Waals surface area (Å²) in [5.74, 6) is 0.108. The maximum atomic E-state index is 12.4. The van der Waals surface area contributed by atoms with E-state index in [2.05, 4.69) is 5.32 Å². The smallest absolute Gasteiger partial charge is 0.266 e. The van der Waals surface area contributed by atoms with E-state index in [0.29, 0.717) is 22.0 Å². The normalized spacial score (nSPS) is 11.2. The van der Waals surface area contributed by atoms with Gasteiger partial charge in [-0.2, -0.15) is 5.26 Å². The first kappa shape index (κ1) is 19.6. The van der Waals surface area contributed by atoms with Gasteiger partial charge in [0.15, 0.2) is 0 Å². The molecule has 0 atom stereocenters. The number of carbonyl (C=O) groups excluding carboxylic acids is 1. The van der Waals surface area contributed by atoms with E-state index in [0.717, 1.165) is 11.1 Å². The molecule has 4 nitrogen and oxygen atoms in total. The van der Waals surface area contributed by atoms with Crippen molar-refractivity contribution in [2.24, 2.45) is 0 Å². The van der Waals surface area contributed by atoms with E-state index in [1.54, 1.807) is 18.2 Å². The van der Waals surface area contributed by atoms with Crippen molar-refractivity contribution in [3.05, 3.63) is 63.7 Å². The Bertz CT molecular complexity index is 895. The zero-order chi connectivity index (χ0) is 19.3. The minimum Gasteiger partial charge on any atom is -0.489 e. The zero-order valence-electron chi connectivity index (χ0n) is 15.3. The number of amides is 1. The van der Waals surface area contributed by atoms with E-state index < -0.39 is 5.91 Å². The number of rotatable bonds is 5. The Hall–Kier alpha value is -2.77. The lowest BCUT2D eigenvalue weighted by Crippen LogP contribution is -2.14. The summed E-state index contributed by atoms with van der Waals surface area (Å²) in [4.78, 5) is 12.4. The molecule has 0 aliphatic rings. The Morgan fingerprint density at radius 2 is 2.00 bits per heavy atom. The van der Waals surface area contributed by atoms with E-state index in [9.17, 15) is 10.1 Å². The van der Waals surface area contributed by atoms with E-state index in [1.165, 1.54) is 6.08 Å². The molecular weight excluding hydrogens is 348 g/mol. The van der Waals surface area contributed by atoms with Crippen LogP contribution in [0.2, 0.25) is 5.02 Å². The van der Waals surface area contributed by atoms with Crippen LogP contribution in [0.1, 0.15) is 30.5 Å². The number of hydrogen-bond donors (Lipinski definition) is 1. The average Bonchev–Trinajstić information content (AvgIpc) is 2.58. The molecule has 0 aliphatic carbocycles. The van der Waals surface area contributed by atoms with Gasteiger partial charge in [-0.15, -0.1) is 0 Å². The fourth-order valence-electron chi connectivity index (χ4n) is 2.35. The Kier molecular flexibility index (Phi) is 6.43. The highest BCUT2D eigenvalue weighted by atomic mass is 35.5. The average molecular weight is 369 g/mol. The number of ether oxygens (including phenoxy) is 1. The van der Waals surface area contributed by atoms with Gasteiger partial charge in [-0.25, -0.2) is 0 Å². The van der Waals surface area contributed by atoms with Crippen molar-refractivity contribution in [3.8, 4) is 11.8 Å². The van der Waals surface area contributed by atoms with Gasteiger partial charge in [0.25, 0.3) is 5.91 Å². The van der Waals surface area contributed by atoms with Gasteiger partial charge in [0.2, 0.25) is 0 Å². The lowest BCUT2D eigenvalue weighted by atomic mass is 10.1. The standard InChI is InChI=1S/C21H21ClN2O2/c1-13(2)26-20-9-8-16(11-18(20)22)10-17(12-23)21(25)24-19-7-5-6-14(3)15(19)4/h5-11,13H,1-4H3,(H,24,25)/b17-10+. The predicted molar refractivity (Wildman–Crippen MR) is 105 cm³/mol. The van der Waals surface area contributed by atoms with Crippen molar-refractivity contribution in [2.75, 3.05) is 5.32 Å². The largest absolute Gasteiger partial charge is 0.489 e. The summed E-state index contributed by atoms with van der Waals surface area (Å²) in [6.07, 6.45) is 1.51. The fourth-order valence-corrected chi connectivity index (χ4v) is 2.58. The molecule has 134 valence electrons. The summed E-state index contributed by atoms with van der Waals surface area (Å²) in [6, 6.07) is 12.7. The summed E-state index contributed by atoms with van der Waals surface area (Å²) < 4.78 is 5.59. The molecule has 2 aromatic carbocycles.